The summed E-state index contributed by atoms with van der Waals surface area (Å²) < 4.78 is 32.2. The van der Waals surface area contributed by atoms with Gasteiger partial charge in [0, 0.05) is 11.1 Å². The Hall–Kier alpha value is -2.47. The van der Waals surface area contributed by atoms with Gasteiger partial charge >= 0.3 is 0 Å². The maximum Gasteiger partial charge on any atom is 0.264 e. The minimum Gasteiger partial charge on any atom is -0.482 e. The van der Waals surface area contributed by atoms with Crippen LogP contribution in [0.2, 0.25) is 10.0 Å². The van der Waals surface area contributed by atoms with Crippen molar-refractivity contribution in [2.45, 2.75) is 4.34 Å². The summed E-state index contributed by atoms with van der Waals surface area (Å²) in [5.74, 6) is -2.39. The van der Waals surface area contributed by atoms with E-state index in [1.54, 1.807) is 12.1 Å². The highest BCUT2D eigenvalue weighted by Gasteiger charge is 2.13. The zero-order chi connectivity index (χ0) is 22.4. The first-order chi connectivity index (χ1) is 14.8. The molecule has 0 aliphatic carbocycles. The topological polar surface area (TPSA) is 93.2 Å². The van der Waals surface area contributed by atoms with E-state index in [4.69, 9.17) is 27.9 Å². The van der Waals surface area contributed by atoms with Crippen molar-refractivity contribution < 1.29 is 23.1 Å². The zero-order valence-electron chi connectivity index (χ0n) is 15.3. The van der Waals surface area contributed by atoms with Gasteiger partial charge in [-0.05, 0) is 30.3 Å². The molecule has 7 nitrogen and oxygen atoms in total. The standard InChI is InChI=1S/C18H12Cl2F2N4O3S2/c19-9-1-4-14(11(20)5-9)29-7-15(27)24-17-25-26-18(31-17)30-8-16(28)23-13-3-2-10(21)6-12(13)22/h1-6H,7-8H2,(H,23,28)(H,24,25,27). The van der Waals surface area contributed by atoms with Gasteiger partial charge in [0.1, 0.15) is 17.4 Å². The molecule has 0 saturated carbocycles. The van der Waals surface area contributed by atoms with Crippen LogP contribution in [0.15, 0.2) is 40.7 Å². The normalized spacial score (nSPS) is 10.6. The molecule has 0 aliphatic heterocycles. The lowest BCUT2D eigenvalue weighted by Crippen LogP contribution is -2.20. The highest BCUT2D eigenvalue weighted by molar-refractivity contribution is 8.01. The lowest BCUT2D eigenvalue weighted by Gasteiger charge is -2.07. The number of hydrogen-bond donors (Lipinski definition) is 2. The quantitative estimate of drug-likeness (QED) is 0.335. The molecule has 3 aromatic rings. The summed E-state index contributed by atoms with van der Waals surface area (Å²) in [4.78, 5) is 23.9. The molecule has 2 amide bonds. The van der Waals surface area contributed by atoms with Crippen LogP contribution in [0.5, 0.6) is 5.75 Å². The predicted molar refractivity (Wildman–Crippen MR) is 116 cm³/mol. The number of amides is 2. The number of thioether (sulfide) groups is 1. The van der Waals surface area contributed by atoms with Gasteiger partial charge in [0.15, 0.2) is 10.9 Å². The second kappa shape index (κ2) is 10.7. The zero-order valence-corrected chi connectivity index (χ0v) is 18.5. The minimum atomic E-state index is -0.874. The molecule has 162 valence electrons. The second-order valence-electron chi connectivity index (χ2n) is 5.75. The molecule has 3 rings (SSSR count). The Morgan fingerprint density at radius 3 is 2.61 bits per heavy atom. The third-order valence-electron chi connectivity index (χ3n) is 3.44. The second-order valence-corrected chi connectivity index (χ2v) is 8.79. The molecular formula is C18H12Cl2F2N4O3S2. The van der Waals surface area contributed by atoms with Gasteiger partial charge in [-0.15, -0.1) is 10.2 Å². The van der Waals surface area contributed by atoms with E-state index in [0.29, 0.717) is 21.2 Å². The Bertz CT molecular complexity index is 1120. The van der Waals surface area contributed by atoms with Gasteiger partial charge in [0.2, 0.25) is 11.0 Å². The SMILES string of the molecule is O=C(COc1ccc(Cl)cc1Cl)Nc1nnc(SCC(=O)Nc2ccc(F)cc2F)s1. The van der Waals surface area contributed by atoms with E-state index >= 15 is 0 Å². The van der Waals surface area contributed by atoms with Crippen LogP contribution in [0.4, 0.5) is 19.6 Å². The molecule has 0 aliphatic rings. The monoisotopic (exact) mass is 504 g/mol. The van der Waals surface area contributed by atoms with Crippen molar-refractivity contribution in [3.05, 3.63) is 58.1 Å². The number of rotatable bonds is 8. The first kappa shape index (κ1) is 23.2. The van der Waals surface area contributed by atoms with Crippen LogP contribution in [0, 0.1) is 11.6 Å². The molecule has 0 radical (unpaired) electrons. The molecule has 0 fully saturated rings. The summed E-state index contributed by atoms with van der Waals surface area (Å²) in [6.45, 7) is -0.310. The summed E-state index contributed by atoms with van der Waals surface area (Å²) in [6.07, 6.45) is 0. The predicted octanol–water partition coefficient (Wildman–Crippen LogP) is 4.87. The number of nitrogens with zero attached hydrogens (tertiary/aromatic N) is 2. The number of halogens is 4. The van der Waals surface area contributed by atoms with Gasteiger partial charge in [-0.25, -0.2) is 8.78 Å². The number of ether oxygens (including phenoxy) is 1. The number of nitrogens with one attached hydrogen (secondary N) is 2. The van der Waals surface area contributed by atoms with Crippen molar-refractivity contribution in [1.29, 1.82) is 0 Å². The molecule has 0 unspecified atom stereocenters. The average molecular weight is 505 g/mol. The number of carbonyl (C=O) groups excluding carboxylic acids is 2. The van der Waals surface area contributed by atoms with Crippen LogP contribution < -0.4 is 15.4 Å². The summed E-state index contributed by atoms with van der Waals surface area (Å²) in [5.41, 5.74) is -0.127. The summed E-state index contributed by atoms with van der Waals surface area (Å²) in [5, 5.41) is 13.4. The Morgan fingerprint density at radius 1 is 1.06 bits per heavy atom. The highest BCUT2D eigenvalue weighted by atomic mass is 35.5. The van der Waals surface area contributed by atoms with Crippen LogP contribution in [0.3, 0.4) is 0 Å². The van der Waals surface area contributed by atoms with Crippen molar-refractivity contribution in [2.24, 2.45) is 0 Å². The van der Waals surface area contributed by atoms with Gasteiger partial charge in [-0.3, -0.25) is 14.9 Å². The summed E-state index contributed by atoms with van der Waals surface area (Å²) >= 11 is 13.9. The number of anilines is 2. The van der Waals surface area contributed by atoms with Crippen LogP contribution in [-0.4, -0.2) is 34.4 Å². The molecule has 0 bridgehead atoms. The van der Waals surface area contributed by atoms with Crippen molar-refractivity contribution in [1.82, 2.24) is 10.2 Å². The van der Waals surface area contributed by atoms with Crippen molar-refractivity contribution in [2.75, 3.05) is 23.0 Å². The van der Waals surface area contributed by atoms with E-state index in [-0.39, 0.29) is 28.2 Å². The van der Waals surface area contributed by atoms with Crippen LogP contribution >= 0.6 is 46.3 Å². The van der Waals surface area contributed by atoms with Crippen molar-refractivity contribution in [3.8, 4) is 5.75 Å². The smallest absolute Gasteiger partial charge is 0.264 e. The van der Waals surface area contributed by atoms with Gasteiger partial charge in [-0.2, -0.15) is 0 Å². The first-order valence-electron chi connectivity index (χ1n) is 8.39. The maximum absolute atomic E-state index is 13.6. The largest absolute Gasteiger partial charge is 0.482 e. The fourth-order valence-corrected chi connectivity index (χ4v) is 4.15. The molecule has 0 atom stereocenters. The van der Waals surface area contributed by atoms with Gasteiger partial charge < -0.3 is 10.1 Å². The third kappa shape index (κ3) is 7.03. The first-order valence-corrected chi connectivity index (χ1v) is 10.9. The van der Waals surface area contributed by atoms with E-state index in [2.05, 4.69) is 20.8 Å². The van der Waals surface area contributed by atoms with Gasteiger partial charge in [-0.1, -0.05) is 46.3 Å². The van der Waals surface area contributed by atoms with Crippen LogP contribution in [0.25, 0.3) is 0 Å². The molecule has 0 spiro atoms. The van der Waals surface area contributed by atoms with E-state index in [9.17, 15) is 18.4 Å². The van der Waals surface area contributed by atoms with Crippen molar-refractivity contribution in [3.63, 3.8) is 0 Å². The molecule has 0 saturated heterocycles. The Kier molecular flexibility index (Phi) is 8.02. The Labute approximate surface area is 193 Å². The Balaban J connectivity index is 1.45. The number of aromatic nitrogens is 2. The average Bonchev–Trinajstić information content (AvgIpc) is 3.15. The van der Waals surface area contributed by atoms with Crippen LogP contribution in [0.1, 0.15) is 0 Å². The fourth-order valence-electron chi connectivity index (χ4n) is 2.11. The summed E-state index contributed by atoms with van der Waals surface area (Å²) in [7, 11) is 0. The maximum atomic E-state index is 13.6. The Morgan fingerprint density at radius 2 is 1.87 bits per heavy atom. The molecule has 13 heteroatoms. The van der Waals surface area contributed by atoms with Gasteiger partial charge in [0.05, 0.1) is 16.5 Å². The van der Waals surface area contributed by atoms with Crippen molar-refractivity contribution >= 4 is 68.9 Å². The number of carbonyl (C=O) groups is 2. The molecule has 1 aromatic heterocycles. The summed E-state index contributed by atoms with van der Waals surface area (Å²) in [6, 6.07) is 7.45. The lowest BCUT2D eigenvalue weighted by molar-refractivity contribution is -0.118. The van der Waals surface area contributed by atoms with Crippen LogP contribution in [-0.2, 0) is 9.59 Å². The van der Waals surface area contributed by atoms with E-state index in [1.165, 1.54) is 6.07 Å². The molecule has 2 N–H and O–H groups in total. The van der Waals surface area contributed by atoms with E-state index in [1.807, 2.05) is 0 Å². The minimum absolute atomic E-state index is 0.0857. The lowest BCUT2D eigenvalue weighted by atomic mass is 10.3. The third-order valence-corrected chi connectivity index (χ3v) is 5.94. The molecule has 2 aromatic carbocycles. The number of benzene rings is 2. The van der Waals surface area contributed by atoms with E-state index in [0.717, 1.165) is 35.2 Å². The highest BCUT2D eigenvalue weighted by Crippen LogP contribution is 2.28. The fraction of sp³-hybridized carbons (Fsp3) is 0.111. The van der Waals surface area contributed by atoms with E-state index < -0.39 is 23.4 Å². The molecule has 31 heavy (non-hydrogen) atoms. The number of hydrogen-bond acceptors (Lipinski definition) is 7. The van der Waals surface area contributed by atoms with Gasteiger partial charge in [0.25, 0.3) is 5.91 Å². The molecule has 1 heterocycles. The molecular weight excluding hydrogens is 493 g/mol.